The number of sulfone groups is 1. The molecule has 0 spiro atoms. The maximum atomic E-state index is 13.9. The summed E-state index contributed by atoms with van der Waals surface area (Å²) < 4.78 is 48.1. The van der Waals surface area contributed by atoms with Gasteiger partial charge in [-0.2, -0.15) is 9.37 Å². The molecule has 0 fully saturated rings. The van der Waals surface area contributed by atoms with Crippen LogP contribution in [-0.2, 0) is 27.6 Å². The number of hydrogen-bond acceptors (Lipinski definition) is 7. The van der Waals surface area contributed by atoms with E-state index in [1.165, 1.54) is 35.0 Å². The molecule has 2 aromatic heterocycles. The monoisotopic (exact) mass is 535 g/mol. The third-order valence-corrected chi connectivity index (χ3v) is 8.65. The molecule has 0 radical (unpaired) electrons. The normalized spacial score (nSPS) is 15.0. The van der Waals surface area contributed by atoms with Crippen LogP contribution in [-0.4, -0.2) is 34.7 Å². The quantitative estimate of drug-likeness (QED) is 0.350. The van der Waals surface area contributed by atoms with E-state index in [0.717, 1.165) is 17.5 Å². The van der Waals surface area contributed by atoms with Gasteiger partial charge in [0.1, 0.15) is 12.4 Å². The van der Waals surface area contributed by atoms with Crippen LogP contribution in [0.5, 0.6) is 5.88 Å². The first-order valence-corrected chi connectivity index (χ1v) is 13.7. The molecule has 2 aromatic carbocycles. The Morgan fingerprint density at radius 2 is 1.87 bits per heavy atom. The van der Waals surface area contributed by atoms with Gasteiger partial charge in [0.25, 0.3) is 5.56 Å². The van der Waals surface area contributed by atoms with E-state index in [0.29, 0.717) is 29.7 Å². The molecule has 8 nitrogen and oxygen atoms in total. The van der Waals surface area contributed by atoms with Crippen LogP contribution in [0.1, 0.15) is 41.9 Å². The van der Waals surface area contributed by atoms with Crippen LogP contribution in [0.4, 0.5) is 4.39 Å². The third-order valence-electron chi connectivity index (χ3n) is 6.86. The zero-order valence-corrected chi connectivity index (χ0v) is 21.7. The first-order chi connectivity index (χ1) is 18.2. The molecule has 5 rings (SSSR count). The van der Waals surface area contributed by atoms with Gasteiger partial charge in [-0.1, -0.05) is 36.4 Å². The van der Waals surface area contributed by atoms with E-state index in [-0.39, 0.29) is 17.3 Å². The second-order valence-electron chi connectivity index (χ2n) is 9.05. The fourth-order valence-electron chi connectivity index (χ4n) is 4.96. The highest BCUT2D eigenvalue weighted by atomic mass is 32.2. The number of aromatic nitrogens is 3. The standard InChI is InChI=1S/C28H26FN3O5S/c1-3-37-16-24-31-27(33)25(28(34)32(24)23-13-10-18-6-4-5-7-22(18)23)38(35,36)20-11-8-19(9-12-20)21-14-15-30-26(29)17(21)2/h4-9,11-12,14-15,23,33H,3,10,13,16H2,1-2H3/t23-/m0/s1. The number of pyridine rings is 1. The summed E-state index contributed by atoms with van der Waals surface area (Å²) in [5.41, 5.74) is 2.60. The number of hydrogen-bond donors (Lipinski definition) is 1. The van der Waals surface area contributed by atoms with E-state index < -0.39 is 38.2 Å². The first-order valence-electron chi connectivity index (χ1n) is 12.2. The number of aryl methyl sites for hydroxylation is 1. The predicted molar refractivity (Wildman–Crippen MR) is 138 cm³/mol. The van der Waals surface area contributed by atoms with Crippen molar-refractivity contribution >= 4 is 9.84 Å². The maximum Gasteiger partial charge on any atom is 0.277 e. The van der Waals surface area contributed by atoms with Gasteiger partial charge in [-0.05, 0) is 67.1 Å². The van der Waals surface area contributed by atoms with Crippen molar-refractivity contribution in [2.75, 3.05) is 6.61 Å². The lowest BCUT2D eigenvalue weighted by Crippen LogP contribution is -2.33. The van der Waals surface area contributed by atoms with Crippen molar-refractivity contribution in [2.24, 2.45) is 0 Å². The van der Waals surface area contributed by atoms with Crippen LogP contribution in [0.15, 0.2) is 75.4 Å². The molecule has 196 valence electrons. The van der Waals surface area contributed by atoms with E-state index in [1.807, 2.05) is 24.3 Å². The van der Waals surface area contributed by atoms with Gasteiger partial charge < -0.3 is 9.84 Å². The van der Waals surface area contributed by atoms with Crippen molar-refractivity contribution in [3.8, 4) is 17.0 Å². The molecule has 1 aliphatic carbocycles. The smallest absolute Gasteiger partial charge is 0.277 e. The maximum absolute atomic E-state index is 13.9. The Labute approximate surface area is 219 Å². The predicted octanol–water partition coefficient (Wildman–Crippen LogP) is 4.36. The molecule has 0 amide bonds. The molecule has 0 saturated heterocycles. The minimum Gasteiger partial charge on any atom is -0.492 e. The highest BCUT2D eigenvalue weighted by Gasteiger charge is 2.34. The van der Waals surface area contributed by atoms with Gasteiger partial charge in [-0.15, -0.1) is 0 Å². The fourth-order valence-corrected chi connectivity index (χ4v) is 6.30. The SMILES string of the molecule is CCOCc1nc(O)c(S(=O)(=O)c2ccc(-c3ccnc(F)c3C)cc2)c(=O)n1[C@H]1CCc2ccccc21. The number of fused-ring (bicyclic) bond motifs is 1. The highest BCUT2D eigenvalue weighted by molar-refractivity contribution is 7.91. The van der Waals surface area contributed by atoms with Crippen molar-refractivity contribution in [2.45, 2.75) is 49.1 Å². The van der Waals surface area contributed by atoms with Crippen LogP contribution < -0.4 is 5.56 Å². The van der Waals surface area contributed by atoms with E-state index in [1.54, 1.807) is 19.9 Å². The van der Waals surface area contributed by atoms with Gasteiger partial charge in [-0.3, -0.25) is 9.36 Å². The summed E-state index contributed by atoms with van der Waals surface area (Å²) in [6.45, 7) is 3.66. The van der Waals surface area contributed by atoms with Crippen molar-refractivity contribution in [1.29, 1.82) is 0 Å². The van der Waals surface area contributed by atoms with Gasteiger partial charge in [0, 0.05) is 18.4 Å². The molecule has 2 heterocycles. The average Bonchev–Trinajstić information content (AvgIpc) is 3.32. The minimum atomic E-state index is -4.46. The lowest BCUT2D eigenvalue weighted by Gasteiger charge is -2.21. The number of benzene rings is 2. The number of aromatic hydroxyl groups is 1. The molecule has 0 saturated carbocycles. The first kappa shape index (κ1) is 25.7. The number of rotatable bonds is 7. The number of ether oxygens (including phenoxy) is 1. The van der Waals surface area contributed by atoms with Gasteiger partial charge in [0.2, 0.25) is 21.7 Å². The summed E-state index contributed by atoms with van der Waals surface area (Å²) in [5, 5.41) is 10.7. The highest BCUT2D eigenvalue weighted by Crippen LogP contribution is 2.35. The molecule has 0 unspecified atom stereocenters. The molecule has 1 atom stereocenters. The minimum absolute atomic E-state index is 0.0607. The number of halogens is 1. The Hall–Kier alpha value is -3.89. The summed E-state index contributed by atoms with van der Waals surface area (Å²) in [6.07, 6.45) is 2.64. The Balaban J connectivity index is 1.62. The number of nitrogens with zero attached hydrogens (tertiary/aromatic N) is 3. The van der Waals surface area contributed by atoms with E-state index in [9.17, 15) is 22.7 Å². The molecular formula is C28H26FN3O5S. The molecular weight excluding hydrogens is 509 g/mol. The van der Waals surface area contributed by atoms with Crippen LogP contribution in [0, 0.1) is 12.9 Å². The fraction of sp³-hybridized carbons (Fsp3) is 0.250. The molecule has 1 aliphatic rings. The molecule has 0 aliphatic heterocycles. The molecule has 0 bridgehead atoms. The summed E-state index contributed by atoms with van der Waals surface area (Å²) in [5.74, 6) is -1.33. The van der Waals surface area contributed by atoms with Gasteiger partial charge in [-0.25, -0.2) is 13.4 Å². The van der Waals surface area contributed by atoms with Crippen LogP contribution in [0.2, 0.25) is 0 Å². The van der Waals surface area contributed by atoms with Crippen molar-refractivity contribution in [3.05, 3.63) is 99.6 Å². The third kappa shape index (κ3) is 4.39. The Morgan fingerprint density at radius 3 is 2.61 bits per heavy atom. The van der Waals surface area contributed by atoms with Crippen molar-refractivity contribution < 1.29 is 22.7 Å². The Kier molecular flexibility index (Phi) is 6.85. The van der Waals surface area contributed by atoms with Crippen LogP contribution >= 0.6 is 0 Å². The van der Waals surface area contributed by atoms with Crippen LogP contribution in [0.25, 0.3) is 11.1 Å². The van der Waals surface area contributed by atoms with Crippen molar-refractivity contribution in [1.82, 2.24) is 14.5 Å². The van der Waals surface area contributed by atoms with E-state index in [2.05, 4.69) is 9.97 Å². The van der Waals surface area contributed by atoms with Gasteiger partial charge >= 0.3 is 0 Å². The second-order valence-corrected chi connectivity index (χ2v) is 10.9. The van der Waals surface area contributed by atoms with Crippen molar-refractivity contribution in [3.63, 3.8) is 0 Å². The second kappa shape index (κ2) is 10.1. The molecule has 10 heteroatoms. The van der Waals surface area contributed by atoms with Gasteiger partial charge in [0.05, 0.1) is 10.9 Å². The largest absolute Gasteiger partial charge is 0.492 e. The van der Waals surface area contributed by atoms with E-state index >= 15 is 0 Å². The van der Waals surface area contributed by atoms with E-state index in [4.69, 9.17) is 4.74 Å². The Morgan fingerprint density at radius 1 is 1.13 bits per heavy atom. The lowest BCUT2D eigenvalue weighted by molar-refractivity contribution is 0.122. The zero-order valence-electron chi connectivity index (χ0n) is 20.9. The molecule has 4 aromatic rings. The summed E-state index contributed by atoms with van der Waals surface area (Å²) in [4.78, 5) is 20.6. The topological polar surface area (TPSA) is 111 Å². The molecule has 38 heavy (non-hydrogen) atoms. The average molecular weight is 536 g/mol. The summed E-state index contributed by atoms with van der Waals surface area (Å²) in [6, 6.07) is 14.6. The summed E-state index contributed by atoms with van der Waals surface area (Å²) in [7, 11) is -4.46. The van der Waals surface area contributed by atoms with Crippen LogP contribution in [0.3, 0.4) is 0 Å². The molecule has 1 N–H and O–H groups in total. The summed E-state index contributed by atoms with van der Waals surface area (Å²) >= 11 is 0. The Bertz CT molecular complexity index is 1680. The van der Waals surface area contributed by atoms with Gasteiger partial charge in [0.15, 0.2) is 4.90 Å². The lowest BCUT2D eigenvalue weighted by atomic mass is 10.0. The zero-order chi connectivity index (χ0) is 27.0.